The van der Waals surface area contributed by atoms with Gasteiger partial charge >= 0.3 is 5.97 Å². The zero-order chi connectivity index (χ0) is 14.5. The van der Waals surface area contributed by atoms with E-state index in [1.165, 1.54) is 23.6 Å². The summed E-state index contributed by atoms with van der Waals surface area (Å²) in [4.78, 5) is 23.3. The van der Waals surface area contributed by atoms with E-state index in [1.54, 1.807) is 24.3 Å². The lowest BCUT2D eigenvalue weighted by atomic mass is 10.2. The molecule has 8 heteroatoms. The van der Waals surface area contributed by atoms with Crippen molar-refractivity contribution in [2.24, 2.45) is 5.73 Å². The van der Waals surface area contributed by atoms with E-state index in [4.69, 9.17) is 5.73 Å². The van der Waals surface area contributed by atoms with Crippen LogP contribution in [0, 0.1) is 0 Å². The molecule has 0 radical (unpaired) electrons. The van der Waals surface area contributed by atoms with Crippen LogP contribution in [0.15, 0.2) is 29.1 Å². The van der Waals surface area contributed by atoms with Gasteiger partial charge in [0.15, 0.2) is 0 Å². The summed E-state index contributed by atoms with van der Waals surface area (Å²) in [5.74, 6) is 0.143. The molecule has 0 saturated carbocycles. The number of esters is 1. The molecule has 20 heavy (non-hydrogen) atoms. The Morgan fingerprint density at radius 3 is 3.00 bits per heavy atom. The standard InChI is InChI=1S/C12H14N4O3S/c1-19-12(18)9(13)6-20-7-16-11(17)8-4-2-3-5-10(8)14-15-16/h2-5,9H,6-7,13H2,1H3. The van der Waals surface area contributed by atoms with Gasteiger partial charge in [-0.15, -0.1) is 16.9 Å². The highest BCUT2D eigenvalue weighted by Crippen LogP contribution is 2.07. The summed E-state index contributed by atoms with van der Waals surface area (Å²) >= 11 is 1.32. The van der Waals surface area contributed by atoms with E-state index in [2.05, 4.69) is 15.0 Å². The number of hydrogen-bond donors (Lipinski definition) is 1. The normalized spacial score (nSPS) is 12.3. The maximum Gasteiger partial charge on any atom is 0.323 e. The van der Waals surface area contributed by atoms with E-state index in [-0.39, 0.29) is 11.4 Å². The summed E-state index contributed by atoms with van der Waals surface area (Å²) in [6.45, 7) is 0. The van der Waals surface area contributed by atoms with Crippen LogP contribution in [0.4, 0.5) is 0 Å². The molecule has 2 rings (SSSR count). The Balaban J connectivity index is 2.06. The highest BCUT2D eigenvalue weighted by atomic mass is 32.2. The fourth-order valence-electron chi connectivity index (χ4n) is 1.59. The van der Waals surface area contributed by atoms with E-state index in [9.17, 15) is 9.59 Å². The molecule has 0 fully saturated rings. The van der Waals surface area contributed by atoms with Crippen LogP contribution in [0.1, 0.15) is 0 Å². The first-order valence-electron chi connectivity index (χ1n) is 5.87. The van der Waals surface area contributed by atoms with Gasteiger partial charge in [-0.2, -0.15) is 0 Å². The van der Waals surface area contributed by atoms with Crippen LogP contribution in [-0.4, -0.2) is 39.9 Å². The number of benzene rings is 1. The summed E-state index contributed by atoms with van der Waals surface area (Å²) in [5.41, 5.74) is 5.95. The molecule has 0 saturated heterocycles. The molecule has 0 aliphatic heterocycles. The summed E-state index contributed by atoms with van der Waals surface area (Å²) in [6, 6.07) is 6.29. The highest BCUT2D eigenvalue weighted by Gasteiger charge is 2.13. The molecule has 2 N–H and O–H groups in total. The molecule has 0 aliphatic rings. The van der Waals surface area contributed by atoms with Crippen LogP contribution in [0.2, 0.25) is 0 Å². The van der Waals surface area contributed by atoms with Crippen molar-refractivity contribution in [3.8, 4) is 0 Å². The number of fused-ring (bicyclic) bond motifs is 1. The van der Waals surface area contributed by atoms with E-state index in [0.717, 1.165) is 0 Å². The number of methoxy groups -OCH3 is 1. The third kappa shape index (κ3) is 3.14. The van der Waals surface area contributed by atoms with Crippen LogP contribution in [-0.2, 0) is 15.4 Å². The number of hydrogen-bond acceptors (Lipinski definition) is 7. The quantitative estimate of drug-likeness (QED) is 0.774. The number of rotatable bonds is 5. The zero-order valence-corrected chi connectivity index (χ0v) is 11.7. The van der Waals surface area contributed by atoms with Crippen molar-refractivity contribution in [1.82, 2.24) is 15.0 Å². The molecule has 106 valence electrons. The van der Waals surface area contributed by atoms with Crippen LogP contribution in [0.3, 0.4) is 0 Å². The smallest absolute Gasteiger partial charge is 0.323 e. The predicted molar refractivity (Wildman–Crippen MR) is 76.2 cm³/mol. The average Bonchev–Trinajstić information content (AvgIpc) is 2.48. The van der Waals surface area contributed by atoms with E-state index < -0.39 is 12.0 Å². The van der Waals surface area contributed by atoms with Crippen molar-refractivity contribution >= 4 is 28.6 Å². The monoisotopic (exact) mass is 294 g/mol. The van der Waals surface area contributed by atoms with Crippen LogP contribution in [0.5, 0.6) is 0 Å². The average molecular weight is 294 g/mol. The number of carbonyl (C=O) groups is 1. The molecular formula is C12H14N4O3S. The van der Waals surface area contributed by atoms with Gasteiger partial charge in [0.05, 0.1) is 18.4 Å². The number of thioether (sulfide) groups is 1. The predicted octanol–water partition coefficient (Wildman–Crippen LogP) is -0.0175. The highest BCUT2D eigenvalue weighted by molar-refractivity contribution is 7.98. The maximum atomic E-state index is 12.1. The molecule has 7 nitrogen and oxygen atoms in total. The number of nitrogens with two attached hydrogens (primary N) is 1. The van der Waals surface area contributed by atoms with Crippen molar-refractivity contribution < 1.29 is 9.53 Å². The second-order valence-corrected chi connectivity index (χ2v) is 5.04. The first kappa shape index (κ1) is 14.5. The van der Waals surface area contributed by atoms with Gasteiger partial charge in [-0.25, -0.2) is 4.68 Å². The maximum absolute atomic E-state index is 12.1. The van der Waals surface area contributed by atoms with Gasteiger partial charge in [0.25, 0.3) is 5.56 Å². The number of aromatic nitrogens is 3. The van der Waals surface area contributed by atoms with Crippen molar-refractivity contribution in [1.29, 1.82) is 0 Å². The van der Waals surface area contributed by atoms with Gasteiger partial charge in [-0.3, -0.25) is 9.59 Å². The Kier molecular flexibility index (Phi) is 4.70. The minimum absolute atomic E-state index is 0.213. The molecule has 1 aromatic carbocycles. The third-order valence-electron chi connectivity index (χ3n) is 2.64. The fourth-order valence-corrected chi connectivity index (χ4v) is 2.43. The van der Waals surface area contributed by atoms with Crippen molar-refractivity contribution in [2.75, 3.05) is 12.9 Å². The lowest BCUT2D eigenvalue weighted by Crippen LogP contribution is -2.34. The van der Waals surface area contributed by atoms with Crippen molar-refractivity contribution in [2.45, 2.75) is 11.9 Å². The molecule has 0 amide bonds. The molecule has 1 unspecified atom stereocenters. The number of nitrogens with zero attached hydrogens (tertiary/aromatic N) is 3. The lowest BCUT2D eigenvalue weighted by molar-refractivity contribution is -0.141. The van der Waals surface area contributed by atoms with Crippen LogP contribution in [0.25, 0.3) is 10.9 Å². The van der Waals surface area contributed by atoms with Gasteiger partial charge in [0.2, 0.25) is 0 Å². The Bertz CT molecular complexity index is 673. The molecule has 0 spiro atoms. The summed E-state index contributed by atoms with van der Waals surface area (Å²) in [5, 5.41) is 8.33. The van der Waals surface area contributed by atoms with Gasteiger partial charge in [0.1, 0.15) is 11.6 Å². The molecule has 1 aromatic heterocycles. The van der Waals surface area contributed by atoms with Gasteiger partial charge in [-0.05, 0) is 12.1 Å². The largest absolute Gasteiger partial charge is 0.468 e. The lowest BCUT2D eigenvalue weighted by Gasteiger charge is -2.09. The minimum atomic E-state index is -0.714. The van der Waals surface area contributed by atoms with Crippen LogP contribution < -0.4 is 11.3 Å². The minimum Gasteiger partial charge on any atom is -0.468 e. The molecule has 1 heterocycles. The second-order valence-electron chi connectivity index (χ2n) is 4.04. The van der Waals surface area contributed by atoms with Crippen LogP contribution >= 0.6 is 11.8 Å². The Morgan fingerprint density at radius 1 is 1.50 bits per heavy atom. The summed E-state index contributed by atoms with van der Waals surface area (Å²) in [6.07, 6.45) is 0. The first-order valence-corrected chi connectivity index (χ1v) is 7.02. The van der Waals surface area contributed by atoms with E-state index in [1.807, 2.05) is 0 Å². The number of ether oxygens (including phenoxy) is 1. The SMILES string of the molecule is COC(=O)C(N)CSCn1nnc2ccccc2c1=O. The molecular weight excluding hydrogens is 280 g/mol. The Labute approximate surface area is 119 Å². The van der Waals surface area contributed by atoms with E-state index >= 15 is 0 Å². The second kappa shape index (κ2) is 6.49. The third-order valence-corrected chi connectivity index (χ3v) is 3.67. The summed E-state index contributed by atoms with van der Waals surface area (Å²) < 4.78 is 5.77. The first-order chi connectivity index (χ1) is 9.63. The number of carbonyl (C=O) groups excluding carboxylic acids is 1. The van der Waals surface area contributed by atoms with E-state index in [0.29, 0.717) is 16.7 Å². The Morgan fingerprint density at radius 2 is 2.25 bits per heavy atom. The molecule has 0 bridgehead atoms. The van der Waals surface area contributed by atoms with Crippen molar-refractivity contribution in [3.05, 3.63) is 34.6 Å². The molecule has 2 aromatic rings. The zero-order valence-electron chi connectivity index (χ0n) is 10.9. The topological polar surface area (TPSA) is 100 Å². The van der Waals surface area contributed by atoms with Crippen molar-refractivity contribution in [3.63, 3.8) is 0 Å². The van der Waals surface area contributed by atoms with Gasteiger partial charge in [0, 0.05) is 5.75 Å². The fraction of sp³-hybridized carbons (Fsp3) is 0.333. The Hall–Kier alpha value is -1.93. The molecule has 0 aliphatic carbocycles. The van der Waals surface area contributed by atoms with Gasteiger partial charge < -0.3 is 10.5 Å². The van der Waals surface area contributed by atoms with Gasteiger partial charge in [-0.1, -0.05) is 17.3 Å². The molecule has 1 atom stereocenters. The summed E-state index contributed by atoms with van der Waals surface area (Å²) in [7, 11) is 1.28.